The number of hydrogen-bond acceptors (Lipinski definition) is 5. The third-order valence-corrected chi connectivity index (χ3v) is 3.91. The van der Waals surface area contributed by atoms with Gasteiger partial charge in [0.1, 0.15) is 18.0 Å². The number of carbonyl (C=O) groups is 2. The van der Waals surface area contributed by atoms with E-state index < -0.39 is 12.1 Å². The van der Waals surface area contributed by atoms with Gasteiger partial charge in [0.2, 0.25) is 0 Å². The van der Waals surface area contributed by atoms with Crippen LogP contribution >= 0.6 is 0 Å². The highest BCUT2D eigenvalue weighted by Crippen LogP contribution is 2.53. The second kappa shape index (κ2) is 3.04. The summed E-state index contributed by atoms with van der Waals surface area (Å²) in [6.07, 6.45) is -0.206. The van der Waals surface area contributed by atoms with Gasteiger partial charge in [-0.15, -0.1) is 0 Å². The van der Waals surface area contributed by atoms with Crippen LogP contribution in [0.3, 0.4) is 0 Å². The summed E-state index contributed by atoms with van der Waals surface area (Å²) in [4.78, 5) is 23.5. The van der Waals surface area contributed by atoms with E-state index in [1.54, 1.807) is 6.07 Å². The summed E-state index contributed by atoms with van der Waals surface area (Å²) in [7, 11) is 0. The van der Waals surface area contributed by atoms with Crippen LogP contribution in [-0.2, 0) is 9.53 Å². The van der Waals surface area contributed by atoms with Gasteiger partial charge in [-0.1, -0.05) is 0 Å². The zero-order valence-electron chi connectivity index (χ0n) is 9.38. The number of hydrogen-bond donors (Lipinski definition) is 1. The first-order chi connectivity index (χ1) is 8.65. The van der Waals surface area contributed by atoms with Crippen LogP contribution in [0.5, 0.6) is 11.5 Å². The van der Waals surface area contributed by atoms with E-state index in [4.69, 9.17) is 9.47 Å². The topological polar surface area (TPSA) is 72.8 Å². The predicted octanol–water partition coefficient (Wildman–Crippen LogP) is 1.14. The number of esters is 1. The minimum Gasteiger partial charge on any atom is -0.504 e. The first kappa shape index (κ1) is 9.94. The average Bonchev–Trinajstić information content (AvgIpc) is 2.68. The molecular formula is C13H10O5. The van der Waals surface area contributed by atoms with E-state index in [-0.39, 0.29) is 30.0 Å². The molecule has 4 rings (SSSR count). The standard InChI is InChI=1S/C13H10O5/c14-5-3-8-11-9(4-5)18-13(16)6-1-2-7(15)12(17-8)10(6)11/h1-2,8-9,11,15H,3-4H2/t8-,9-,11?/m0/s1. The number of aromatic hydroxyl groups is 1. The van der Waals surface area contributed by atoms with Gasteiger partial charge in [0.05, 0.1) is 11.5 Å². The van der Waals surface area contributed by atoms with Crippen molar-refractivity contribution in [3.63, 3.8) is 0 Å². The second-order valence-electron chi connectivity index (χ2n) is 4.95. The Morgan fingerprint density at radius 3 is 2.61 bits per heavy atom. The van der Waals surface area contributed by atoms with E-state index in [0.717, 1.165) is 0 Å². The molecule has 0 saturated heterocycles. The van der Waals surface area contributed by atoms with Gasteiger partial charge in [-0.25, -0.2) is 4.79 Å². The van der Waals surface area contributed by atoms with Crippen LogP contribution in [0.1, 0.15) is 34.7 Å². The zero-order valence-corrected chi connectivity index (χ0v) is 9.38. The van der Waals surface area contributed by atoms with Crippen molar-refractivity contribution in [1.29, 1.82) is 0 Å². The van der Waals surface area contributed by atoms with Gasteiger partial charge in [0.25, 0.3) is 0 Å². The minimum atomic E-state index is -0.445. The van der Waals surface area contributed by atoms with E-state index in [1.165, 1.54) is 6.07 Å². The van der Waals surface area contributed by atoms with Gasteiger partial charge in [-0.2, -0.15) is 0 Å². The fraction of sp³-hybridized carbons (Fsp3) is 0.385. The number of rotatable bonds is 0. The van der Waals surface area contributed by atoms with E-state index in [9.17, 15) is 14.7 Å². The van der Waals surface area contributed by atoms with Crippen molar-refractivity contribution in [2.45, 2.75) is 31.0 Å². The predicted molar refractivity (Wildman–Crippen MR) is 58.7 cm³/mol. The van der Waals surface area contributed by atoms with Crippen molar-refractivity contribution < 1.29 is 24.2 Å². The number of carbonyl (C=O) groups excluding carboxylic acids is 2. The van der Waals surface area contributed by atoms with Gasteiger partial charge >= 0.3 is 5.97 Å². The molecule has 0 radical (unpaired) electrons. The van der Waals surface area contributed by atoms with Crippen LogP contribution in [0, 0.1) is 0 Å². The fourth-order valence-electron chi connectivity index (χ4n) is 3.20. The number of phenolic OH excluding ortho intramolecular Hbond substituents is 1. The molecule has 2 heterocycles. The molecule has 1 aromatic rings. The maximum atomic E-state index is 11.9. The number of benzene rings is 1. The zero-order chi connectivity index (χ0) is 12.4. The highest BCUT2D eigenvalue weighted by molar-refractivity contribution is 5.95. The van der Waals surface area contributed by atoms with Crippen molar-refractivity contribution in [2.75, 3.05) is 0 Å². The molecule has 2 aliphatic heterocycles. The first-order valence-corrected chi connectivity index (χ1v) is 5.90. The van der Waals surface area contributed by atoms with Gasteiger partial charge in [-0.3, -0.25) is 4.79 Å². The molecular weight excluding hydrogens is 236 g/mol. The van der Waals surface area contributed by atoms with E-state index in [2.05, 4.69) is 0 Å². The Hall–Kier alpha value is -2.04. The molecule has 1 N–H and O–H groups in total. The van der Waals surface area contributed by atoms with Gasteiger partial charge in [0, 0.05) is 18.4 Å². The van der Waals surface area contributed by atoms with E-state index in [0.29, 0.717) is 23.3 Å². The Morgan fingerprint density at radius 2 is 1.83 bits per heavy atom. The normalized spacial score (nSPS) is 31.7. The molecule has 0 spiro atoms. The average molecular weight is 246 g/mol. The number of ether oxygens (including phenoxy) is 2. The molecule has 0 amide bonds. The molecule has 1 aliphatic carbocycles. The van der Waals surface area contributed by atoms with Crippen molar-refractivity contribution >= 4 is 11.8 Å². The lowest BCUT2D eigenvalue weighted by Crippen LogP contribution is -2.43. The lowest BCUT2D eigenvalue weighted by Gasteiger charge is -2.34. The lowest BCUT2D eigenvalue weighted by molar-refractivity contribution is -0.127. The van der Waals surface area contributed by atoms with Crippen molar-refractivity contribution in [3.8, 4) is 11.5 Å². The molecule has 1 fully saturated rings. The van der Waals surface area contributed by atoms with Crippen molar-refractivity contribution in [2.24, 2.45) is 0 Å². The van der Waals surface area contributed by atoms with Crippen LogP contribution in [-0.4, -0.2) is 29.1 Å². The molecule has 1 aromatic carbocycles. The number of ketones is 1. The molecule has 0 bridgehead atoms. The summed E-state index contributed by atoms with van der Waals surface area (Å²) in [5.74, 6) is -0.156. The highest BCUT2D eigenvalue weighted by atomic mass is 16.6. The molecule has 3 aliphatic rings. The molecule has 5 heteroatoms. The summed E-state index contributed by atoms with van der Waals surface area (Å²) in [6.45, 7) is 0. The molecule has 18 heavy (non-hydrogen) atoms. The summed E-state index contributed by atoms with van der Waals surface area (Å²) in [6, 6.07) is 2.98. The smallest absolute Gasteiger partial charge is 0.338 e. The molecule has 3 atom stereocenters. The SMILES string of the molecule is O=C1C[C@@H]2OC(=O)c3ccc(O)c4c3C2[C@H](C1)O4. The third kappa shape index (κ3) is 1.06. The summed E-state index contributed by atoms with van der Waals surface area (Å²) in [5, 5.41) is 9.80. The van der Waals surface area contributed by atoms with Crippen LogP contribution < -0.4 is 4.74 Å². The Balaban J connectivity index is 1.96. The van der Waals surface area contributed by atoms with Crippen LogP contribution in [0.4, 0.5) is 0 Å². The third-order valence-electron chi connectivity index (χ3n) is 3.91. The summed E-state index contributed by atoms with van der Waals surface area (Å²) >= 11 is 0. The maximum Gasteiger partial charge on any atom is 0.338 e. The monoisotopic (exact) mass is 246 g/mol. The van der Waals surface area contributed by atoms with Gasteiger partial charge < -0.3 is 14.6 Å². The van der Waals surface area contributed by atoms with E-state index in [1.807, 2.05) is 0 Å². The summed E-state index contributed by atoms with van der Waals surface area (Å²) < 4.78 is 11.0. The Morgan fingerprint density at radius 1 is 1.11 bits per heavy atom. The van der Waals surface area contributed by atoms with Gasteiger partial charge in [-0.05, 0) is 12.1 Å². The Labute approximate surface area is 102 Å². The molecule has 0 aromatic heterocycles. The first-order valence-electron chi connectivity index (χ1n) is 5.90. The highest BCUT2D eigenvalue weighted by Gasteiger charge is 2.52. The molecule has 1 unspecified atom stereocenters. The quantitative estimate of drug-likeness (QED) is 0.695. The van der Waals surface area contributed by atoms with Crippen molar-refractivity contribution in [1.82, 2.24) is 0 Å². The second-order valence-corrected chi connectivity index (χ2v) is 4.95. The molecule has 5 nitrogen and oxygen atoms in total. The largest absolute Gasteiger partial charge is 0.504 e. The van der Waals surface area contributed by atoms with Gasteiger partial charge in [0.15, 0.2) is 11.5 Å². The molecule has 1 saturated carbocycles. The van der Waals surface area contributed by atoms with Crippen LogP contribution in [0.25, 0.3) is 0 Å². The number of phenols is 1. The molecule has 92 valence electrons. The van der Waals surface area contributed by atoms with E-state index >= 15 is 0 Å². The van der Waals surface area contributed by atoms with Crippen molar-refractivity contribution in [3.05, 3.63) is 23.3 Å². The fourth-order valence-corrected chi connectivity index (χ4v) is 3.20. The lowest BCUT2D eigenvalue weighted by atomic mass is 9.77. The van der Waals surface area contributed by atoms with Crippen LogP contribution in [0.2, 0.25) is 0 Å². The summed E-state index contributed by atoms with van der Waals surface area (Å²) in [5.41, 5.74) is 1.16. The minimum absolute atomic E-state index is 0.0176. The number of Topliss-reactive ketones (excluding diaryl/α,β-unsaturated/α-hetero) is 1. The van der Waals surface area contributed by atoms with Crippen LogP contribution in [0.15, 0.2) is 12.1 Å². The maximum absolute atomic E-state index is 11.9. The Kier molecular flexibility index (Phi) is 1.68. The Bertz CT molecular complexity index is 591.